The van der Waals surface area contributed by atoms with Gasteiger partial charge in [0.1, 0.15) is 0 Å². The molecule has 1 fully saturated rings. The van der Waals surface area contributed by atoms with Gasteiger partial charge in [-0.25, -0.2) is 0 Å². The standard InChI is InChI=1S/C21H21BrN2/c1-23(16-7-8-16)11-10-18-19-12-15(22)6-9-20(19)24-13-14-4-2-3-5-17(14)21(18)24/h2-6,9,12,16H,7-8,10-11,13H2,1H3. The van der Waals surface area contributed by atoms with E-state index in [1.807, 2.05) is 0 Å². The second-order valence-electron chi connectivity index (χ2n) is 7.19. The smallest absolute Gasteiger partial charge is 0.0531 e. The summed E-state index contributed by atoms with van der Waals surface area (Å²) >= 11 is 3.67. The maximum absolute atomic E-state index is 3.67. The van der Waals surface area contributed by atoms with E-state index in [2.05, 4.69) is 74.9 Å². The lowest BCUT2D eigenvalue weighted by atomic mass is 10.00. The normalized spacial score (nSPS) is 16.0. The van der Waals surface area contributed by atoms with Gasteiger partial charge in [-0.05, 0) is 55.6 Å². The molecule has 1 aliphatic carbocycles. The Morgan fingerprint density at radius 3 is 2.83 bits per heavy atom. The van der Waals surface area contributed by atoms with Gasteiger partial charge in [-0.3, -0.25) is 0 Å². The minimum atomic E-state index is 0.825. The Morgan fingerprint density at radius 2 is 2.00 bits per heavy atom. The first-order chi connectivity index (χ1) is 11.7. The van der Waals surface area contributed by atoms with E-state index < -0.39 is 0 Å². The van der Waals surface area contributed by atoms with E-state index >= 15 is 0 Å². The van der Waals surface area contributed by atoms with Crippen molar-refractivity contribution in [2.75, 3.05) is 13.6 Å². The topological polar surface area (TPSA) is 8.17 Å². The molecule has 2 nitrogen and oxygen atoms in total. The summed E-state index contributed by atoms with van der Waals surface area (Å²) in [5.74, 6) is 0. The van der Waals surface area contributed by atoms with Crippen molar-refractivity contribution in [3.63, 3.8) is 0 Å². The van der Waals surface area contributed by atoms with Crippen LogP contribution in [0.25, 0.3) is 22.2 Å². The van der Waals surface area contributed by atoms with Crippen LogP contribution in [0.4, 0.5) is 0 Å². The molecule has 0 radical (unpaired) electrons. The van der Waals surface area contributed by atoms with Crippen LogP contribution < -0.4 is 0 Å². The van der Waals surface area contributed by atoms with Crippen LogP contribution in [0.5, 0.6) is 0 Å². The molecule has 0 spiro atoms. The summed E-state index contributed by atoms with van der Waals surface area (Å²) in [6.07, 6.45) is 3.87. The largest absolute Gasteiger partial charge is 0.336 e. The number of likely N-dealkylation sites (N-methyl/N-ethyl adjacent to an activating group) is 1. The van der Waals surface area contributed by atoms with Crippen molar-refractivity contribution in [3.05, 3.63) is 58.1 Å². The number of hydrogen-bond donors (Lipinski definition) is 0. The minimum absolute atomic E-state index is 0.825. The highest BCUT2D eigenvalue weighted by Gasteiger charge is 2.28. The number of hydrogen-bond acceptors (Lipinski definition) is 1. The number of fused-ring (bicyclic) bond motifs is 5. The average molecular weight is 381 g/mol. The average Bonchev–Trinajstić information content (AvgIpc) is 3.31. The summed E-state index contributed by atoms with van der Waals surface area (Å²) in [5, 5.41) is 1.41. The predicted molar refractivity (Wildman–Crippen MR) is 104 cm³/mol. The maximum atomic E-state index is 3.67. The fourth-order valence-corrected chi connectivity index (χ4v) is 4.53. The molecule has 1 aliphatic heterocycles. The molecule has 0 saturated heterocycles. The summed E-state index contributed by atoms with van der Waals surface area (Å²) in [5.41, 5.74) is 7.21. The van der Waals surface area contributed by atoms with Gasteiger partial charge in [0.2, 0.25) is 0 Å². The fraction of sp³-hybridized carbons (Fsp3) is 0.333. The fourth-order valence-electron chi connectivity index (χ4n) is 4.17. The van der Waals surface area contributed by atoms with E-state index in [4.69, 9.17) is 0 Å². The van der Waals surface area contributed by atoms with Crippen molar-refractivity contribution in [2.24, 2.45) is 0 Å². The van der Waals surface area contributed by atoms with Crippen LogP contribution in [-0.4, -0.2) is 29.1 Å². The van der Waals surface area contributed by atoms with Crippen molar-refractivity contribution in [3.8, 4) is 11.3 Å². The third-order valence-corrected chi connectivity index (χ3v) is 6.11. The summed E-state index contributed by atoms with van der Waals surface area (Å²) in [6, 6.07) is 16.4. The molecule has 122 valence electrons. The molecule has 5 rings (SSSR count). The summed E-state index contributed by atoms with van der Waals surface area (Å²) in [4.78, 5) is 2.54. The zero-order chi connectivity index (χ0) is 16.3. The van der Waals surface area contributed by atoms with Crippen LogP contribution in [0.2, 0.25) is 0 Å². The van der Waals surface area contributed by atoms with Crippen molar-refractivity contribution < 1.29 is 0 Å². The molecule has 2 aromatic carbocycles. The molecule has 0 unspecified atom stereocenters. The van der Waals surface area contributed by atoms with Gasteiger partial charge in [-0.15, -0.1) is 0 Å². The summed E-state index contributed by atoms with van der Waals surface area (Å²) in [7, 11) is 2.28. The van der Waals surface area contributed by atoms with Crippen molar-refractivity contribution >= 4 is 26.8 Å². The van der Waals surface area contributed by atoms with Gasteiger partial charge in [0.25, 0.3) is 0 Å². The Labute approximate surface area is 151 Å². The Balaban J connectivity index is 1.65. The number of rotatable bonds is 4. The van der Waals surface area contributed by atoms with E-state index in [9.17, 15) is 0 Å². The van der Waals surface area contributed by atoms with E-state index in [0.29, 0.717) is 0 Å². The second kappa shape index (κ2) is 5.47. The van der Waals surface area contributed by atoms with E-state index in [1.54, 1.807) is 0 Å². The highest BCUT2D eigenvalue weighted by atomic mass is 79.9. The third kappa shape index (κ3) is 2.26. The van der Waals surface area contributed by atoms with Crippen LogP contribution >= 0.6 is 15.9 Å². The van der Waals surface area contributed by atoms with Crippen LogP contribution in [0.3, 0.4) is 0 Å². The van der Waals surface area contributed by atoms with Gasteiger partial charge in [0.15, 0.2) is 0 Å². The molecule has 2 heterocycles. The Hall–Kier alpha value is -1.58. The molecule has 3 aromatic rings. The number of benzene rings is 2. The molecule has 0 atom stereocenters. The highest BCUT2D eigenvalue weighted by Crippen LogP contribution is 2.42. The van der Waals surface area contributed by atoms with Crippen molar-refractivity contribution in [1.29, 1.82) is 0 Å². The molecule has 0 N–H and O–H groups in total. The van der Waals surface area contributed by atoms with Crippen LogP contribution in [0, 0.1) is 0 Å². The number of aromatic nitrogens is 1. The first-order valence-electron chi connectivity index (χ1n) is 8.81. The van der Waals surface area contributed by atoms with Gasteiger partial charge in [0, 0.05) is 40.1 Å². The van der Waals surface area contributed by atoms with Crippen LogP contribution in [0.1, 0.15) is 24.0 Å². The lowest BCUT2D eigenvalue weighted by Gasteiger charge is -2.16. The number of nitrogens with zero attached hydrogens (tertiary/aromatic N) is 2. The first-order valence-corrected chi connectivity index (χ1v) is 9.61. The molecule has 2 aliphatic rings. The SMILES string of the molecule is CN(CCc1c2n(c3ccc(Br)cc13)Cc1ccccc1-2)C1CC1. The zero-order valence-corrected chi connectivity index (χ0v) is 15.5. The van der Waals surface area contributed by atoms with Crippen molar-refractivity contribution in [1.82, 2.24) is 9.47 Å². The lowest BCUT2D eigenvalue weighted by Crippen LogP contribution is -2.23. The van der Waals surface area contributed by atoms with Crippen LogP contribution in [-0.2, 0) is 13.0 Å². The zero-order valence-electron chi connectivity index (χ0n) is 13.9. The lowest BCUT2D eigenvalue weighted by molar-refractivity contribution is 0.329. The summed E-state index contributed by atoms with van der Waals surface area (Å²) < 4.78 is 3.68. The minimum Gasteiger partial charge on any atom is -0.336 e. The molecule has 1 saturated carbocycles. The van der Waals surface area contributed by atoms with Gasteiger partial charge in [-0.1, -0.05) is 40.2 Å². The highest BCUT2D eigenvalue weighted by molar-refractivity contribution is 9.10. The van der Waals surface area contributed by atoms with Crippen LogP contribution in [0.15, 0.2) is 46.9 Å². The van der Waals surface area contributed by atoms with Gasteiger partial charge < -0.3 is 9.47 Å². The van der Waals surface area contributed by atoms with Gasteiger partial charge in [-0.2, -0.15) is 0 Å². The Bertz CT molecular complexity index is 936. The molecular formula is C21H21BrN2. The van der Waals surface area contributed by atoms with Gasteiger partial charge >= 0.3 is 0 Å². The van der Waals surface area contributed by atoms with E-state index in [1.165, 1.54) is 50.6 Å². The van der Waals surface area contributed by atoms with E-state index in [0.717, 1.165) is 25.6 Å². The molecule has 1 aromatic heterocycles. The molecule has 0 amide bonds. The maximum Gasteiger partial charge on any atom is 0.0531 e. The Morgan fingerprint density at radius 1 is 1.17 bits per heavy atom. The third-order valence-electron chi connectivity index (χ3n) is 5.62. The van der Waals surface area contributed by atoms with Crippen molar-refractivity contribution in [2.45, 2.75) is 31.8 Å². The predicted octanol–water partition coefficient (Wildman–Crippen LogP) is 5.07. The monoisotopic (exact) mass is 380 g/mol. The molecule has 0 bridgehead atoms. The number of halogens is 1. The molecular weight excluding hydrogens is 360 g/mol. The molecule has 3 heteroatoms. The van der Waals surface area contributed by atoms with Gasteiger partial charge in [0.05, 0.1) is 5.69 Å². The first kappa shape index (κ1) is 14.7. The summed E-state index contributed by atoms with van der Waals surface area (Å²) in [6.45, 7) is 2.15. The quantitative estimate of drug-likeness (QED) is 0.479. The molecule has 24 heavy (non-hydrogen) atoms. The van der Waals surface area contributed by atoms with E-state index in [-0.39, 0.29) is 0 Å². The second-order valence-corrected chi connectivity index (χ2v) is 8.11. The Kier molecular flexibility index (Phi) is 3.36.